The van der Waals surface area contributed by atoms with Gasteiger partial charge in [0.2, 0.25) is 0 Å². The minimum absolute atomic E-state index is 0.0415. The van der Waals surface area contributed by atoms with Gasteiger partial charge in [0.05, 0.1) is 18.1 Å². The first kappa shape index (κ1) is 19.8. The Morgan fingerprint density at radius 3 is 2.42 bits per heavy atom. The molecule has 9 heteroatoms. The van der Waals surface area contributed by atoms with E-state index in [9.17, 15) is 19.7 Å². The first-order chi connectivity index (χ1) is 12.3. The number of hydrogen-bond donors (Lipinski definition) is 0. The molecule has 3 atom stereocenters. The molecule has 1 aliphatic rings. The van der Waals surface area contributed by atoms with E-state index in [0.29, 0.717) is 5.56 Å². The van der Waals surface area contributed by atoms with Gasteiger partial charge >= 0.3 is 17.8 Å². The van der Waals surface area contributed by atoms with Gasteiger partial charge in [0.1, 0.15) is 0 Å². The highest BCUT2D eigenvalue weighted by atomic mass is 19.2. The average molecular weight is 369 g/mol. The molecule has 1 aromatic rings. The van der Waals surface area contributed by atoms with Crippen molar-refractivity contribution in [3.8, 4) is 0 Å². The molecule has 0 N–H and O–H groups in total. The van der Waals surface area contributed by atoms with Gasteiger partial charge in [0, 0.05) is 18.6 Å². The van der Waals surface area contributed by atoms with Crippen molar-refractivity contribution >= 4 is 17.6 Å². The van der Waals surface area contributed by atoms with Gasteiger partial charge in [-0.05, 0) is 31.7 Å². The second-order valence-corrected chi connectivity index (χ2v) is 5.79. The van der Waals surface area contributed by atoms with Crippen molar-refractivity contribution in [3.63, 3.8) is 0 Å². The van der Waals surface area contributed by atoms with Gasteiger partial charge in [-0.3, -0.25) is 10.1 Å². The molecule has 1 aromatic carbocycles. The summed E-state index contributed by atoms with van der Waals surface area (Å²) in [7, 11) is 0. The summed E-state index contributed by atoms with van der Waals surface area (Å²) in [6.45, 7) is 3.17. The number of halogens is 1. The summed E-state index contributed by atoms with van der Waals surface area (Å²) in [6, 6.07) is 5.52. The predicted octanol–water partition coefficient (Wildman–Crippen LogP) is 2.65. The lowest BCUT2D eigenvalue weighted by atomic mass is 9.84. The molecule has 0 radical (unpaired) electrons. The zero-order valence-electron chi connectivity index (χ0n) is 14.5. The van der Waals surface area contributed by atoms with E-state index >= 15 is 4.39 Å². The molecule has 0 spiro atoms. The highest BCUT2D eigenvalue weighted by molar-refractivity contribution is 5.80. The fourth-order valence-electron chi connectivity index (χ4n) is 2.85. The fraction of sp³-hybridized carbons (Fsp3) is 0.529. The predicted molar refractivity (Wildman–Crippen MR) is 87.0 cm³/mol. The highest BCUT2D eigenvalue weighted by Gasteiger charge is 2.51. The van der Waals surface area contributed by atoms with Crippen molar-refractivity contribution in [2.45, 2.75) is 44.6 Å². The van der Waals surface area contributed by atoms with Crippen LogP contribution >= 0.6 is 0 Å². The van der Waals surface area contributed by atoms with Gasteiger partial charge in [0.15, 0.2) is 6.10 Å². The summed E-state index contributed by atoms with van der Waals surface area (Å²) in [4.78, 5) is 34.3. The molecular weight excluding hydrogens is 349 g/mol. The van der Waals surface area contributed by atoms with Crippen molar-refractivity contribution in [1.82, 2.24) is 0 Å². The molecule has 8 nitrogen and oxygen atoms in total. The van der Waals surface area contributed by atoms with E-state index < -0.39 is 34.7 Å². The lowest BCUT2D eigenvalue weighted by Crippen LogP contribution is -2.49. The molecule has 0 saturated carbocycles. The summed E-state index contributed by atoms with van der Waals surface area (Å²) in [5.74, 6) is -5.35. The zero-order chi connectivity index (χ0) is 19.3. The van der Waals surface area contributed by atoms with Gasteiger partial charge in [-0.2, -0.15) is 4.39 Å². The molecule has 3 unspecified atom stereocenters. The standard InChI is InChI=1S/C17H20FNO7/c1-3-24-15(20)14-9-12(10-17(18,26-14)16(21)25-4-2)11-5-7-13(8-6-11)19(22)23/h5-8,12,14H,3-4,9-10H2,1-2H3. The SMILES string of the molecule is CCOC(=O)C1CC(c2ccc([N+](=O)[O-])cc2)CC(F)(C(=O)OCC)O1. The van der Waals surface area contributed by atoms with Gasteiger partial charge in [-0.15, -0.1) is 0 Å². The Hall–Kier alpha value is -2.55. The van der Waals surface area contributed by atoms with Gasteiger partial charge in [0.25, 0.3) is 5.69 Å². The third kappa shape index (κ3) is 4.34. The number of esters is 2. The van der Waals surface area contributed by atoms with E-state index in [0.717, 1.165) is 0 Å². The molecular formula is C17H20FNO7. The van der Waals surface area contributed by atoms with Crippen LogP contribution in [0.2, 0.25) is 0 Å². The third-order valence-corrected chi connectivity index (χ3v) is 4.04. The number of hydrogen-bond acceptors (Lipinski definition) is 7. The van der Waals surface area contributed by atoms with Crippen LogP contribution in [0.4, 0.5) is 10.1 Å². The average Bonchev–Trinajstić information content (AvgIpc) is 2.61. The van der Waals surface area contributed by atoms with E-state index in [4.69, 9.17) is 14.2 Å². The van der Waals surface area contributed by atoms with Crippen LogP contribution < -0.4 is 0 Å². The minimum atomic E-state index is -2.79. The van der Waals surface area contributed by atoms with Crippen molar-refractivity contribution < 1.29 is 33.1 Å². The van der Waals surface area contributed by atoms with Crippen molar-refractivity contribution in [2.75, 3.05) is 13.2 Å². The summed E-state index contributed by atoms with van der Waals surface area (Å²) >= 11 is 0. The number of alkyl halides is 1. The number of carbonyl (C=O) groups is 2. The highest BCUT2D eigenvalue weighted by Crippen LogP contribution is 2.41. The molecule has 2 rings (SSSR count). The van der Waals surface area contributed by atoms with Crippen LogP contribution in [-0.2, 0) is 23.8 Å². The number of nitro benzene ring substituents is 1. The topological polar surface area (TPSA) is 105 Å². The Balaban J connectivity index is 2.30. The van der Waals surface area contributed by atoms with E-state index in [2.05, 4.69) is 0 Å². The van der Waals surface area contributed by atoms with Crippen molar-refractivity contribution in [3.05, 3.63) is 39.9 Å². The monoisotopic (exact) mass is 369 g/mol. The third-order valence-electron chi connectivity index (χ3n) is 4.04. The number of non-ortho nitro benzene ring substituents is 1. The smallest absolute Gasteiger partial charge is 0.372 e. The molecule has 1 aliphatic heterocycles. The Bertz CT molecular complexity index is 678. The molecule has 1 saturated heterocycles. The lowest BCUT2D eigenvalue weighted by Gasteiger charge is -2.37. The van der Waals surface area contributed by atoms with Crippen molar-refractivity contribution in [1.29, 1.82) is 0 Å². The van der Waals surface area contributed by atoms with Crippen LogP contribution in [0.5, 0.6) is 0 Å². The summed E-state index contributed by atoms with van der Waals surface area (Å²) < 4.78 is 29.8. The maximum absolute atomic E-state index is 15.1. The van der Waals surface area contributed by atoms with E-state index in [1.54, 1.807) is 6.92 Å². The molecule has 142 valence electrons. The van der Waals surface area contributed by atoms with Crippen LogP contribution in [-0.4, -0.2) is 42.0 Å². The fourth-order valence-corrected chi connectivity index (χ4v) is 2.85. The quantitative estimate of drug-likeness (QED) is 0.431. The zero-order valence-corrected chi connectivity index (χ0v) is 14.5. The Kier molecular flexibility index (Phi) is 6.25. The number of benzene rings is 1. The molecule has 0 aliphatic carbocycles. The van der Waals surface area contributed by atoms with Crippen LogP contribution in [0, 0.1) is 10.1 Å². The summed E-state index contributed by atoms with van der Waals surface area (Å²) in [5.41, 5.74) is 0.444. The minimum Gasteiger partial charge on any atom is -0.464 e. The molecule has 1 heterocycles. The normalized spacial score (nSPS) is 25.3. The molecule has 26 heavy (non-hydrogen) atoms. The lowest BCUT2D eigenvalue weighted by molar-refractivity contribution is -0.384. The van der Waals surface area contributed by atoms with E-state index in [1.807, 2.05) is 0 Å². The number of rotatable bonds is 6. The molecule has 0 bridgehead atoms. The van der Waals surface area contributed by atoms with E-state index in [-0.39, 0.29) is 31.7 Å². The maximum Gasteiger partial charge on any atom is 0.372 e. The van der Waals surface area contributed by atoms with Crippen LogP contribution in [0.3, 0.4) is 0 Å². The second-order valence-electron chi connectivity index (χ2n) is 5.79. The van der Waals surface area contributed by atoms with Crippen molar-refractivity contribution in [2.24, 2.45) is 0 Å². The first-order valence-electron chi connectivity index (χ1n) is 8.25. The number of nitro groups is 1. The Morgan fingerprint density at radius 2 is 1.88 bits per heavy atom. The largest absolute Gasteiger partial charge is 0.464 e. The van der Waals surface area contributed by atoms with Crippen LogP contribution in [0.25, 0.3) is 0 Å². The molecule has 0 aromatic heterocycles. The maximum atomic E-state index is 15.1. The van der Waals surface area contributed by atoms with Gasteiger partial charge < -0.3 is 14.2 Å². The van der Waals surface area contributed by atoms with E-state index in [1.165, 1.54) is 31.2 Å². The molecule has 0 amide bonds. The Morgan fingerprint density at radius 1 is 1.27 bits per heavy atom. The first-order valence-corrected chi connectivity index (χ1v) is 8.25. The van der Waals surface area contributed by atoms with Gasteiger partial charge in [-0.25, -0.2) is 9.59 Å². The van der Waals surface area contributed by atoms with Gasteiger partial charge in [-0.1, -0.05) is 12.1 Å². The number of ether oxygens (including phenoxy) is 3. The Labute approximate surface area is 149 Å². The summed E-state index contributed by atoms with van der Waals surface area (Å²) in [6.07, 6.45) is -1.56. The number of nitrogens with zero attached hydrogens (tertiary/aromatic N) is 1. The summed E-state index contributed by atoms with van der Waals surface area (Å²) in [5, 5.41) is 10.8. The van der Waals surface area contributed by atoms with Crippen LogP contribution in [0.1, 0.15) is 38.2 Å². The molecule has 1 fully saturated rings. The number of carbonyl (C=O) groups excluding carboxylic acids is 2. The second kappa shape index (κ2) is 8.22. The van der Waals surface area contributed by atoms with Crippen LogP contribution in [0.15, 0.2) is 24.3 Å².